The SMILES string of the molecule is CCC(C)c1ccc(C(O)CC(C)CC(=O)O)cc1. The lowest BCUT2D eigenvalue weighted by Crippen LogP contribution is -2.09. The highest BCUT2D eigenvalue weighted by molar-refractivity contribution is 5.66. The van der Waals surface area contributed by atoms with E-state index >= 15 is 0 Å². The van der Waals surface area contributed by atoms with E-state index in [1.54, 1.807) is 0 Å². The number of carboxylic acid groups (broad SMARTS) is 1. The van der Waals surface area contributed by atoms with Gasteiger partial charge in [-0.2, -0.15) is 0 Å². The third kappa shape index (κ3) is 5.03. The molecule has 0 amide bonds. The Balaban J connectivity index is 2.62. The predicted octanol–water partition coefficient (Wildman–Crippen LogP) is 3.73. The second-order valence-corrected chi connectivity index (χ2v) is 5.43. The molecule has 0 aliphatic rings. The lowest BCUT2D eigenvalue weighted by Gasteiger charge is -2.16. The molecule has 0 heterocycles. The molecule has 1 rings (SSSR count). The third-order valence-electron chi connectivity index (χ3n) is 3.65. The normalized spacial score (nSPS) is 15.8. The van der Waals surface area contributed by atoms with Crippen molar-refractivity contribution >= 4 is 5.97 Å². The Hall–Kier alpha value is -1.35. The fraction of sp³-hybridized carbons (Fsp3) is 0.562. The van der Waals surface area contributed by atoms with Gasteiger partial charge < -0.3 is 10.2 Å². The fourth-order valence-corrected chi connectivity index (χ4v) is 2.18. The van der Waals surface area contributed by atoms with Crippen LogP contribution in [0.15, 0.2) is 24.3 Å². The minimum atomic E-state index is -0.813. The van der Waals surface area contributed by atoms with Gasteiger partial charge in [-0.1, -0.05) is 45.0 Å². The van der Waals surface area contributed by atoms with E-state index in [0.717, 1.165) is 12.0 Å². The molecule has 0 aliphatic heterocycles. The van der Waals surface area contributed by atoms with E-state index in [1.165, 1.54) is 5.56 Å². The van der Waals surface area contributed by atoms with Gasteiger partial charge in [-0.15, -0.1) is 0 Å². The van der Waals surface area contributed by atoms with E-state index in [9.17, 15) is 9.90 Å². The smallest absolute Gasteiger partial charge is 0.303 e. The number of carbonyl (C=O) groups is 1. The number of benzene rings is 1. The van der Waals surface area contributed by atoms with E-state index in [4.69, 9.17) is 5.11 Å². The molecule has 3 unspecified atom stereocenters. The van der Waals surface area contributed by atoms with Crippen molar-refractivity contribution in [3.63, 3.8) is 0 Å². The van der Waals surface area contributed by atoms with Crippen LogP contribution in [0.25, 0.3) is 0 Å². The maximum absolute atomic E-state index is 10.6. The summed E-state index contributed by atoms with van der Waals surface area (Å²) in [6.07, 6.45) is 1.09. The van der Waals surface area contributed by atoms with Gasteiger partial charge in [0, 0.05) is 6.42 Å². The molecule has 1 aromatic carbocycles. The highest BCUT2D eigenvalue weighted by Crippen LogP contribution is 2.25. The molecule has 0 saturated heterocycles. The highest BCUT2D eigenvalue weighted by Gasteiger charge is 2.15. The number of carboxylic acids is 1. The van der Waals surface area contributed by atoms with Crippen molar-refractivity contribution in [2.24, 2.45) is 5.92 Å². The molecule has 0 aliphatic carbocycles. The Morgan fingerprint density at radius 2 is 1.68 bits per heavy atom. The Kier molecular flexibility index (Phi) is 6.03. The molecule has 3 atom stereocenters. The standard InChI is InChI=1S/C16H24O3/c1-4-12(3)13-5-7-14(8-6-13)15(17)9-11(2)10-16(18)19/h5-8,11-12,15,17H,4,9-10H2,1-3H3,(H,18,19). The van der Waals surface area contributed by atoms with Gasteiger partial charge in [-0.3, -0.25) is 4.79 Å². The van der Waals surface area contributed by atoms with Gasteiger partial charge >= 0.3 is 5.97 Å². The Labute approximate surface area is 115 Å². The summed E-state index contributed by atoms with van der Waals surface area (Å²) >= 11 is 0. The van der Waals surface area contributed by atoms with Crippen molar-refractivity contribution in [1.29, 1.82) is 0 Å². The average molecular weight is 264 g/mol. The van der Waals surface area contributed by atoms with Gasteiger partial charge in [0.2, 0.25) is 0 Å². The first kappa shape index (κ1) is 15.7. The molecule has 0 radical (unpaired) electrons. The van der Waals surface area contributed by atoms with Crippen LogP contribution in [0.5, 0.6) is 0 Å². The van der Waals surface area contributed by atoms with Crippen molar-refractivity contribution in [3.05, 3.63) is 35.4 Å². The number of aliphatic hydroxyl groups excluding tert-OH is 1. The number of hydrogen-bond donors (Lipinski definition) is 2. The quantitative estimate of drug-likeness (QED) is 0.788. The van der Waals surface area contributed by atoms with Crippen LogP contribution < -0.4 is 0 Å². The van der Waals surface area contributed by atoms with E-state index < -0.39 is 12.1 Å². The van der Waals surface area contributed by atoms with E-state index in [-0.39, 0.29) is 12.3 Å². The van der Waals surface area contributed by atoms with Crippen molar-refractivity contribution in [2.45, 2.75) is 52.1 Å². The first-order chi connectivity index (χ1) is 8.93. The predicted molar refractivity (Wildman–Crippen MR) is 76.1 cm³/mol. The monoisotopic (exact) mass is 264 g/mol. The molecule has 2 N–H and O–H groups in total. The summed E-state index contributed by atoms with van der Waals surface area (Å²) in [5.74, 6) is -0.314. The van der Waals surface area contributed by atoms with Crippen LogP contribution in [-0.2, 0) is 4.79 Å². The van der Waals surface area contributed by atoms with Crippen LogP contribution in [0, 0.1) is 5.92 Å². The molecule has 106 valence electrons. The molecule has 3 nitrogen and oxygen atoms in total. The maximum Gasteiger partial charge on any atom is 0.303 e. The zero-order valence-corrected chi connectivity index (χ0v) is 12.0. The van der Waals surface area contributed by atoms with E-state index in [2.05, 4.69) is 26.0 Å². The number of hydrogen-bond acceptors (Lipinski definition) is 2. The van der Waals surface area contributed by atoms with Crippen LogP contribution in [0.4, 0.5) is 0 Å². The first-order valence-corrected chi connectivity index (χ1v) is 6.93. The largest absolute Gasteiger partial charge is 0.481 e. The minimum absolute atomic E-state index is 0.0262. The molecule has 0 fully saturated rings. The van der Waals surface area contributed by atoms with Crippen molar-refractivity contribution < 1.29 is 15.0 Å². The van der Waals surface area contributed by atoms with Crippen LogP contribution in [0.2, 0.25) is 0 Å². The van der Waals surface area contributed by atoms with Crippen molar-refractivity contribution in [2.75, 3.05) is 0 Å². The Morgan fingerprint density at radius 1 is 1.16 bits per heavy atom. The zero-order valence-electron chi connectivity index (χ0n) is 12.0. The van der Waals surface area contributed by atoms with Crippen LogP contribution in [-0.4, -0.2) is 16.2 Å². The molecular formula is C16H24O3. The summed E-state index contributed by atoms with van der Waals surface area (Å²) in [5, 5.41) is 18.8. The average Bonchev–Trinajstić information content (AvgIpc) is 2.36. The van der Waals surface area contributed by atoms with Gasteiger partial charge in [0.15, 0.2) is 0 Å². The first-order valence-electron chi connectivity index (χ1n) is 6.93. The van der Waals surface area contributed by atoms with Gasteiger partial charge in [0.05, 0.1) is 6.10 Å². The summed E-state index contributed by atoms with van der Waals surface area (Å²) in [6.45, 7) is 6.19. The summed E-state index contributed by atoms with van der Waals surface area (Å²) in [4.78, 5) is 10.6. The van der Waals surface area contributed by atoms with Gasteiger partial charge in [-0.05, 0) is 35.8 Å². The van der Waals surface area contributed by atoms with Crippen LogP contribution in [0.3, 0.4) is 0 Å². The zero-order chi connectivity index (χ0) is 14.4. The number of rotatable bonds is 7. The Bertz CT molecular complexity index is 397. The van der Waals surface area contributed by atoms with Crippen molar-refractivity contribution in [1.82, 2.24) is 0 Å². The molecule has 0 spiro atoms. The van der Waals surface area contributed by atoms with Crippen molar-refractivity contribution in [3.8, 4) is 0 Å². The van der Waals surface area contributed by atoms with E-state index in [1.807, 2.05) is 19.1 Å². The minimum Gasteiger partial charge on any atom is -0.481 e. The third-order valence-corrected chi connectivity index (χ3v) is 3.65. The second-order valence-electron chi connectivity index (χ2n) is 5.43. The molecule has 0 saturated carbocycles. The van der Waals surface area contributed by atoms with E-state index in [0.29, 0.717) is 12.3 Å². The highest BCUT2D eigenvalue weighted by atomic mass is 16.4. The molecule has 1 aromatic rings. The summed E-state index contributed by atoms with van der Waals surface area (Å²) in [6, 6.07) is 7.99. The molecular weight excluding hydrogens is 240 g/mol. The number of aliphatic carboxylic acids is 1. The van der Waals surface area contributed by atoms with Crippen LogP contribution >= 0.6 is 0 Å². The lowest BCUT2D eigenvalue weighted by atomic mass is 9.93. The summed E-state index contributed by atoms with van der Waals surface area (Å²) < 4.78 is 0. The molecule has 19 heavy (non-hydrogen) atoms. The van der Waals surface area contributed by atoms with Gasteiger partial charge in [0.1, 0.15) is 0 Å². The van der Waals surface area contributed by atoms with Gasteiger partial charge in [0.25, 0.3) is 0 Å². The molecule has 0 bridgehead atoms. The summed E-state index contributed by atoms with van der Waals surface area (Å²) in [7, 11) is 0. The molecule has 0 aromatic heterocycles. The fourth-order valence-electron chi connectivity index (χ4n) is 2.18. The lowest BCUT2D eigenvalue weighted by molar-refractivity contribution is -0.138. The second kappa shape index (κ2) is 7.29. The van der Waals surface area contributed by atoms with Gasteiger partial charge in [-0.25, -0.2) is 0 Å². The Morgan fingerprint density at radius 3 is 2.16 bits per heavy atom. The summed E-state index contributed by atoms with van der Waals surface area (Å²) in [5.41, 5.74) is 2.14. The maximum atomic E-state index is 10.6. The topological polar surface area (TPSA) is 57.5 Å². The number of aliphatic hydroxyl groups is 1. The van der Waals surface area contributed by atoms with Crippen LogP contribution in [0.1, 0.15) is 63.2 Å². The molecule has 3 heteroatoms.